The first-order chi connectivity index (χ1) is 11.6. The zero-order valence-corrected chi connectivity index (χ0v) is 14.0. The van der Waals surface area contributed by atoms with Crippen molar-refractivity contribution < 1.29 is 4.79 Å². The SMILES string of the molecule is CC(C)N1C[C@@H](c2ncc(-c3ccc4ccccc4c3)[nH]2)CC1=O. The van der Waals surface area contributed by atoms with Gasteiger partial charge in [-0.2, -0.15) is 0 Å². The topological polar surface area (TPSA) is 49.0 Å². The largest absolute Gasteiger partial charge is 0.342 e. The van der Waals surface area contributed by atoms with Crippen molar-refractivity contribution in [2.75, 3.05) is 6.54 Å². The van der Waals surface area contributed by atoms with Gasteiger partial charge in [0.2, 0.25) is 5.91 Å². The Labute approximate surface area is 141 Å². The zero-order valence-electron chi connectivity index (χ0n) is 14.0. The van der Waals surface area contributed by atoms with Crippen molar-refractivity contribution in [3.05, 3.63) is 54.5 Å². The number of hydrogen-bond acceptors (Lipinski definition) is 2. The summed E-state index contributed by atoms with van der Waals surface area (Å²) in [5.74, 6) is 1.29. The van der Waals surface area contributed by atoms with E-state index in [-0.39, 0.29) is 17.9 Å². The first-order valence-corrected chi connectivity index (χ1v) is 8.45. The summed E-state index contributed by atoms with van der Waals surface area (Å²) in [6.07, 6.45) is 2.42. The predicted octanol–water partition coefficient (Wildman–Crippen LogP) is 3.95. The van der Waals surface area contributed by atoms with Gasteiger partial charge in [0.05, 0.1) is 11.9 Å². The van der Waals surface area contributed by atoms with Crippen LogP contribution >= 0.6 is 0 Å². The van der Waals surface area contributed by atoms with E-state index in [9.17, 15) is 4.79 Å². The molecule has 1 saturated heterocycles. The summed E-state index contributed by atoms with van der Waals surface area (Å²) >= 11 is 0. The minimum Gasteiger partial charge on any atom is -0.342 e. The van der Waals surface area contributed by atoms with Crippen LogP contribution in [0, 0.1) is 0 Å². The summed E-state index contributed by atoms with van der Waals surface area (Å²) in [5.41, 5.74) is 2.13. The van der Waals surface area contributed by atoms with E-state index in [4.69, 9.17) is 0 Å². The molecule has 4 heteroatoms. The van der Waals surface area contributed by atoms with Crippen molar-refractivity contribution in [1.29, 1.82) is 0 Å². The molecule has 0 bridgehead atoms. The van der Waals surface area contributed by atoms with E-state index >= 15 is 0 Å². The molecule has 1 fully saturated rings. The number of fused-ring (bicyclic) bond motifs is 1. The zero-order chi connectivity index (χ0) is 16.7. The smallest absolute Gasteiger partial charge is 0.223 e. The fourth-order valence-corrected chi connectivity index (χ4v) is 3.46. The molecule has 0 saturated carbocycles. The predicted molar refractivity (Wildman–Crippen MR) is 95.7 cm³/mol. The van der Waals surface area contributed by atoms with Gasteiger partial charge in [0.15, 0.2) is 0 Å². The van der Waals surface area contributed by atoms with Gasteiger partial charge in [-0.3, -0.25) is 4.79 Å². The number of H-pyrrole nitrogens is 1. The van der Waals surface area contributed by atoms with Crippen LogP contribution in [0.5, 0.6) is 0 Å². The fraction of sp³-hybridized carbons (Fsp3) is 0.300. The van der Waals surface area contributed by atoms with Crippen LogP contribution in [0.1, 0.15) is 32.0 Å². The molecule has 122 valence electrons. The van der Waals surface area contributed by atoms with Crippen molar-refractivity contribution in [3.8, 4) is 11.3 Å². The van der Waals surface area contributed by atoms with Crippen LogP contribution in [0.3, 0.4) is 0 Å². The lowest BCUT2D eigenvalue weighted by Crippen LogP contribution is -2.31. The number of benzene rings is 2. The number of carbonyl (C=O) groups excluding carboxylic acids is 1. The Morgan fingerprint density at radius 3 is 2.71 bits per heavy atom. The highest BCUT2D eigenvalue weighted by Gasteiger charge is 2.33. The van der Waals surface area contributed by atoms with E-state index in [1.807, 2.05) is 17.2 Å². The number of likely N-dealkylation sites (tertiary alicyclic amines) is 1. The first-order valence-electron chi connectivity index (χ1n) is 8.45. The summed E-state index contributed by atoms with van der Waals surface area (Å²) < 4.78 is 0. The van der Waals surface area contributed by atoms with Crippen LogP contribution in [0.2, 0.25) is 0 Å². The second-order valence-corrected chi connectivity index (χ2v) is 6.78. The number of aromatic amines is 1. The summed E-state index contributed by atoms with van der Waals surface area (Å²) in [4.78, 5) is 22.0. The average molecular weight is 319 g/mol. The minimum atomic E-state index is 0.161. The molecule has 0 unspecified atom stereocenters. The van der Waals surface area contributed by atoms with Crippen LogP contribution in [0.25, 0.3) is 22.0 Å². The molecule has 1 N–H and O–H groups in total. The number of nitrogens with one attached hydrogen (secondary N) is 1. The van der Waals surface area contributed by atoms with Crippen LogP contribution in [0.15, 0.2) is 48.7 Å². The number of imidazole rings is 1. The molecule has 0 spiro atoms. The average Bonchev–Trinajstić information content (AvgIpc) is 3.21. The lowest BCUT2D eigenvalue weighted by molar-refractivity contribution is -0.129. The van der Waals surface area contributed by atoms with Gasteiger partial charge in [-0.1, -0.05) is 36.4 Å². The van der Waals surface area contributed by atoms with Crippen molar-refractivity contribution in [2.45, 2.75) is 32.2 Å². The third-order valence-corrected chi connectivity index (χ3v) is 4.82. The monoisotopic (exact) mass is 319 g/mol. The quantitative estimate of drug-likeness (QED) is 0.794. The summed E-state index contributed by atoms with van der Waals surface area (Å²) in [6.45, 7) is 4.87. The van der Waals surface area contributed by atoms with Crippen molar-refractivity contribution in [1.82, 2.24) is 14.9 Å². The minimum absolute atomic E-state index is 0.161. The van der Waals surface area contributed by atoms with Gasteiger partial charge in [-0.25, -0.2) is 4.98 Å². The van der Waals surface area contributed by atoms with Gasteiger partial charge in [0.25, 0.3) is 0 Å². The van der Waals surface area contributed by atoms with E-state index in [2.05, 4.69) is 60.2 Å². The Kier molecular flexibility index (Phi) is 3.60. The lowest BCUT2D eigenvalue weighted by Gasteiger charge is -2.20. The molecule has 4 nitrogen and oxygen atoms in total. The maximum atomic E-state index is 12.1. The van der Waals surface area contributed by atoms with Gasteiger partial charge in [0.1, 0.15) is 5.82 Å². The molecular weight excluding hydrogens is 298 g/mol. The molecular formula is C20H21N3O. The van der Waals surface area contributed by atoms with E-state index in [1.165, 1.54) is 10.8 Å². The van der Waals surface area contributed by atoms with Crippen LogP contribution < -0.4 is 0 Å². The van der Waals surface area contributed by atoms with Gasteiger partial charge >= 0.3 is 0 Å². The van der Waals surface area contributed by atoms with E-state index in [0.29, 0.717) is 6.42 Å². The molecule has 2 heterocycles. The second kappa shape index (κ2) is 5.78. The number of nitrogens with zero attached hydrogens (tertiary/aromatic N) is 2. The van der Waals surface area contributed by atoms with E-state index < -0.39 is 0 Å². The van der Waals surface area contributed by atoms with Crippen LogP contribution in [-0.2, 0) is 4.79 Å². The normalized spacial score (nSPS) is 18.0. The highest BCUT2D eigenvalue weighted by Crippen LogP contribution is 2.30. The Hall–Kier alpha value is -2.62. The standard InChI is InChI=1S/C20H21N3O/c1-13(2)23-12-17(10-19(23)24)20-21-11-18(22-20)16-8-7-14-5-3-4-6-15(14)9-16/h3-9,11,13,17H,10,12H2,1-2H3,(H,21,22)/t17-/m0/s1. The molecule has 1 amide bonds. The highest BCUT2D eigenvalue weighted by atomic mass is 16.2. The number of aromatic nitrogens is 2. The molecule has 3 aromatic rings. The third kappa shape index (κ3) is 2.58. The van der Waals surface area contributed by atoms with Gasteiger partial charge in [-0.15, -0.1) is 0 Å². The number of hydrogen-bond donors (Lipinski definition) is 1. The van der Waals surface area contributed by atoms with Crippen LogP contribution in [0.4, 0.5) is 0 Å². The maximum Gasteiger partial charge on any atom is 0.223 e. The fourth-order valence-electron chi connectivity index (χ4n) is 3.46. The Balaban J connectivity index is 1.61. The Morgan fingerprint density at radius 2 is 1.96 bits per heavy atom. The van der Waals surface area contributed by atoms with Gasteiger partial charge < -0.3 is 9.88 Å². The van der Waals surface area contributed by atoms with Crippen molar-refractivity contribution in [3.63, 3.8) is 0 Å². The molecule has 24 heavy (non-hydrogen) atoms. The molecule has 2 aromatic carbocycles. The second-order valence-electron chi connectivity index (χ2n) is 6.78. The third-order valence-electron chi connectivity index (χ3n) is 4.82. The van der Waals surface area contributed by atoms with E-state index in [1.54, 1.807) is 0 Å². The first kappa shape index (κ1) is 14.9. The molecule has 4 rings (SSSR count). The summed E-state index contributed by atoms with van der Waals surface area (Å²) in [6, 6.07) is 15.0. The Morgan fingerprint density at radius 1 is 1.17 bits per heavy atom. The molecule has 1 aromatic heterocycles. The van der Waals surface area contributed by atoms with Crippen molar-refractivity contribution >= 4 is 16.7 Å². The highest BCUT2D eigenvalue weighted by molar-refractivity contribution is 5.86. The van der Waals surface area contributed by atoms with Crippen LogP contribution in [-0.4, -0.2) is 33.4 Å². The summed E-state index contributed by atoms with van der Waals surface area (Å²) in [5, 5.41) is 2.45. The van der Waals surface area contributed by atoms with Gasteiger partial charge in [-0.05, 0) is 30.7 Å². The molecule has 1 atom stereocenters. The van der Waals surface area contributed by atoms with Gasteiger partial charge in [0, 0.05) is 30.5 Å². The number of carbonyl (C=O) groups is 1. The van der Waals surface area contributed by atoms with Crippen molar-refractivity contribution in [2.24, 2.45) is 0 Å². The lowest BCUT2D eigenvalue weighted by atomic mass is 10.1. The Bertz CT molecular complexity index is 897. The number of rotatable bonds is 3. The summed E-state index contributed by atoms with van der Waals surface area (Å²) in [7, 11) is 0. The molecule has 1 aliphatic heterocycles. The molecule has 0 radical (unpaired) electrons. The van der Waals surface area contributed by atoms with E-state index in [0.717, 1.165) is 23.6 Å². The molecule has 1 aliphatic rings. The number of amides is 1. The molecule has 0 aliphatic carbocycles. The maximum absolute atomic E-state index is 12.1.